The van der Waals surface area contributed by atoms with Crippen molar-refractivity contribution < 1.29 is 14.3 Å². The monoisotopic (exact) mass is 361 g/mol. The van der Waals surface area contributed by atoms with Gasteiger partial charge < -0.3 is 15.4 Å². The highest BCUT2D eigenvalue weighted by molar-refractivity contribution is 6.05. The van der Waals surface area contributed by atoms with Gasteiger partial charge in [0, 0.05) is 18.3 Å². The Balaban J connectivity index is 1.69. The number of methoxy groups -OCH3 is 1. The molecule has 0 radical (unpaired) electrons. The molecule has 0 aliphatic heterocycles. The summed E-state index contributed by atoms with van der Waals surface area (Å²) >= 11 is 0. The SMILES string of the molecule is COc1ccccc1NC(=O)c1cc(C(=O)NCc2ccccc2)ccn1. The van der Waals surface area contributed by atoms with Crippen LogP contribution >= 0.6 is 0 Å². The largest absolute Gasteiger partial charge is 0.495 e. The number of ether oxygens (including phenoxy) is 1. The lowest BCUT2D eigenvalue weighted by atomic mass is 10.2. The summed E-state index contributed by atoms with van der Waals surface area (Å²) < 4.78 is 5.22. The van der Waals surface area contributed by atoms with Gasteiger partial charge in [-0.3, -0.25) is 14.6 Å². The van der Waals surface area contributed by atoms with E-state index < -0.39 is 5.91 Å². The predicted octanol–water partition coefficient (Wildman–Crippen LogP) is 3.27. The molecule has 0 bridgehead atoms. The fourth-order valence-corrected chi connectivity index (χ4v) is 2.51. The molecule has 3 aromatic rings. The molecule has 0 saturated heterocycles. The number of nitrogens with one attached hydrogen (secondary N) is 2. The predicted molar refractivity (Wildman–Crippen MR) is 103 cm³/mol. The molecule has 2 amide bonds. The average molecular weight is 361 g/mol. The van der Waals surface area contributed by atoms with E-state index in [1.54, 1.807) is 24.3 Å². The minimum absolute atomic E-state index is 0.147. The van der Waals surface area contributed by atoms with Crippen molar-refractivity contribution in [3.05, 3.63) is 89.7 Å². The standard InChI is InChI=1S/C21H19N3O3/c1-27-19-10-6-5-9-17(19)24-21(26)18-13-16(11-12-22-18)20(25)23-14-15-7-3-2-4-8-15/h2-13H,14H2,1H3,(H,23,25)(H,24,26). The summed E-state index contributed by atoms with van der Waals surface area (Å²) in [5.41, 5.74) is 2.04. The molecular formula is C21H19N3O3. The lowest BCUT2D eigenvalue weighted by molar-refractivity contribution is 0.0951. The van der Waals surface area contributed by atoms with Crippen LogP contribution in [0.4, 0.5) is 5.69 Å². The first-order chi connectivity index (χ1) is 13.2. The van der Waals surface area contributed by atoms with Gasteiger partial charge in [0.1, 0.15) is 11.4 Å². The van der Waals surface area contributed by atoms with Crippen LogP contribution < -0.4 is 15.4 Å². The van der Waals surface area contributed by atoms with E-state index in [9.17, 15) is 9.59 Å². The van der Waals surface area contributed by atoms with Gasteiger partial charge in [0.05, 0.1) is 12.8 Å². The Hall–Kier alpha value is -3.67. The molecule has 1 heterocycles. The number of benzene rings is 2. The highest BCUT2D eigenvalue weighted by atomic mass is 16.5. The fourth-order valence-electron chi connectivity index (χ4n) is 2.51. The first-order valence-corrected chi connectivity index (χ1v) is 8.40. The number of anilines is 1. The van der Waals surface area contributed by atoms with E-state index in [0.717, 1.165) is 5.56 Å². The molecule has 0 unspecified atom stereocenters. The maximum Gasteiger partial charge on any atom is 0.274 e. The van der Waals surface area contributed by atoms with Crippen molar-refractivity contribution in [3.63, 3.8) is 0 Å². The molecule has 0 spiro atoms. The van der Waals surface area contributed by atoms with Crippen LogP contribution in [0.1, 0.15) is 26.4 Å². The summed E-state index contributed by atoms with van der Waals surface area (Å²) in [5.74, 6) is -0.146. The van der Waals surface area contributed by atoms with Crippen LogP contribution in [0, 0.1) is 0 Å². The van der Waals surface area contributed by atoms with E-state index in [1.807, 2.05) is 36.4 Å². The average Bonchev–Trinajstić information content (AvgIpc) is 2.73. The van der Waals surface area contributed by atoms with Crippen molar-refractivity contribution in [1.29, 1.82) is 0 Å². The van der Waals surface area contributed by atoms with Crippen molar-refractivity contribution >= 4 is 17.5 Å². The molecule has 0 aliphatic rings. The highest BCUT2D eigenvalue weighted by Crippen LogP contribution is 2.23. The molecular weight excluding hydrogens is 342 g/mol. The summed E-state index contributed by atoms with van der Waals surface area (Å²) in [7, 11) is 1.53. The minimum Gasteiger partial charge on any atom is -0.495 e. The van der Waals surface area contributed by atoms with Gasteiger partial charge >= 0.3 is 0 Å². The summed E-state index contributed by atoms with van der Waals surface area (Å²) in [5, 5.41) is 5.57. The smallest absolute Gasteiger partial charge is 0.274 e. The second kappa shape index (κ2) is 8.62. The van der Waals surface area contributed by atoms with Crippen LogP contribution in [0.3, 0.4) is 0 Å². The molecule has 0 atom stereocenters. The van der Waals surface area contributed by atoms with Crippen LogP contribution in [-0.4, -0.2) is 23.9 Å². The summed E-state index contributed by atoms with van der Waals surface area (Å²) in [6, 6.07) is 19.7. The normalized spacial score (nSPS) is 10.1. The molecule has 3 rings (SSSR count). The Morgan fingerprint density at radius 2 is 1.70 bits per heavy atom. The fraction of sp³-hybridized carbons (Fsp3) is 0.0952. The third-order valence-electron chi connectivity index (χ3n) is 3.91. The molecule has 0 aliphatic carbocycles. The van der Waals surface area contributed by atoms with E-state index in [-0.39, 0.29) is 11.6 Å². The quantitative estimate of drug-likeness (QED) is 0.706. The van der Waals surface area contributed by atoms with Gasteiger partial charge in [-0.1, -0.05) is 42.5 Å². The van der Waals surface area contributed by atoms with E-state index in [1.165, 1.54) is 19.4 Å². The van der Waals surface area contributed by atoms with Gasteiger partial charge in [-0.15, -0.1) is 0 Å². The van der Waals surface area contributed by atoms with E-state index in [0.29, 0.717) is 23.5 Å². The molecule has 2 aromatic carbocycles. The number of amides is 2. The van der Waals surface area contributed by atoms with Crippen molar-refractivity contribution in [2.45, 2.75) is 6.54 Å². The van der Waals surface area contributed by atoms with Gasteiger partial charge in [0.25, 0.3) is 11.8 Å². The Labute approximate surface area is 157 Å². The topological polar surface area (TPSA) is 80.3 Å². The molecule has 1 aromatic heterocycles. The van der Waals surface area contributed by atoms with Gasteiger partial charge in [-0.05, 0) is 29.8 Å². The number of hydrogen-bond donors (Lipinski definition) is 2. The number of nitrogens with zero attached hydrogens (tertiary/aromatic N) is 1. The number of rotatable bonds is 6. The Morgan fingerprint density at radius 3 is 2.48 bits per heavy atom. The second-order valence-electron chi connectivity index (χ2n) is 5.75. The first-order valence-electron chi connectivity index (χ1n) is 8.40. The molecule has 27 heavy (non-hydrogen) atoms. The molecule has 2 N–H and O–H groups in total. The Bertz CT molecular complexity index is 942. The summed E-state index contributed by atoms with van der Waals surface area (Å²) in [4.78, 5) is 28.9. The minimum atomic E-state index is -0.419. The van der Waals surface area contributed by atoms with Gasteiger partial charge in [-0.2, -0.15) is 0 Å². The number of carbonyl (C=O) groups excluding carboxylic acids is 2. The molecule has 136 valence electrons. The van der Waals surface area contributed by atoms with Crippen LogP contribution in [0.5, 0.6) is 5.75 Å². The van der Waals surface area contributed by atoms with Crippen LogP contribution in [0.25, 0.3) is 0 Å². The number of para-hydroxylation sites is 2. The van der Waals surface area contributed by atoms with Crippen LogP contribution in [-0.2, 0) is 6.54 Å². The van der Waals surface area contributed by atoms with Crippen molar-refractivity contribution in [3.8, 4) is 5.75 Å². The zero-order valence-corrected chi connectivity index (χ0v) is 14.8. The number of pyridine rings is 1. The summed E-state index contributed by atoms with van der Waals surface area (Å²) in [6.07, 6.45) is 1.44. The maximum absolute atomic E-state index is 12.5. The van der Waals surface area contributed by atoms with Crippen molar-refractivity contribution in [2.24, 2.45) is 0 Å². The molecule has 6 heteroatoms. The zero-order chi connectivity index (χ0) is 19.1. The second-order valence-corrected chi connectivity index (χ2v) is 5.75. The Kier molecular flexibility index (Phi) is 5.79. The van der Waals surface area contributed by atoms with Gasteiger partial charge in [0.2, 0.25) is 0 Å². The lowest BCUT2D eigenvalue weighted by Crippen LogP contribution is -2.23. The zero-order valence-electron chi connectivity index (χ0n) is 14.8. The van der Waals surface area contributed by atoms with Crippen molar-refractivity contribution in [1.82, 2.24) is 10.3 Å². The van der Waals surface area contributed by atoms with Crippen molar-refractivity contribution in [2.75, 3.05) is 12.4 Å². The number of hydrogen-bond acceptors (Lipinski definition) is 4. The van der Waals surface area contributed by atoms with Gasteiger partial charge in [0.15, 0.2) is 0 Å². The van der Waals surface area contributed by atoms with Crippen LogP contribution in [0.2, 0.25) is 0 Å². The van der Waals surface area contributed by atoms with E-state index in [2.05, 4.69) is 15.6 Å². The third kappa shape index (κ3) is 4.70. The summed E-state index contributed by atoms with van der Waals surface area (Å²) in [6.45, 7) is 0.407. The number of aromatic nitrogens is 1. The van der Waals surface area contributed by atoms with E-state index in [4.69, 9.17) is 4.74 Å². The third-order valence-corrected chi connectivity index (χ3v) is 3.91. The maximum atomic E-state index is 12.5. The molecule has 0 fully saturated rings. The van der Waals surface area contributed by atoms with E-state index >= 15 is 0 Å². The van der Waals surface area contributed by atoms with Gasteiger partial charge in [-0.25, -0.2) is 0 Å². The Morgan fingerprint density at radius 1 is 0.963 bits per heavy atom. The number of carbonyl (C=O) groups is 2. The molecule has 6 nitrogen and oxygen atoms in total. The first kappa shape index (κ1) is 18.1. The molecule has 0 saturated carbocycles. The lowest BCUT2D eigenvalue weighted by Gasteiger charge is -2.10. The van der Waals surface area contributed by atoms with Crippen LogP contribution in [0.15, 0.2) is 72.9 Å². The highest BCUT2D eigenvalue weighted by Gasteiger charge is 2.13.